The summed E-state index contributed by atoms with van der Waals surface area (Å²) in [6, 6.07) is 22.8. The average Bonchev–Trinajstić information content (AvgIpc) is 2.57. The van der Waals surface area contributed by atoms with Crippen LogP contribution in [0.15, 0.2) is 60.7 Å². The van der Waals surface area contributed by atoms with Gasteiger partial charge in [-0.2, -0.15) is 0 Å². The van der Waals surface area contributed by atoms with Crippen LogP contribution in [-0.4, -0.2) is 42.0 Å². The topological polar surface area (TPSA) is 6.48 Å². The summed E-state index contributed by atoms with van der Waals surface area (Å²) < 4.78 is 0. The summed E-state index contributed by atoms with van der Waals surface area (Å²) in [5.74, 6) is 0. The van der Waals surface area contributed by atoms with Gasteiger partial charge in [-0.3, -0.25) is 9.80 Å². The largest absolute Gasteiger partial charge is 0.298 e. The smallest absolute Gasteiger partial charge is 0.0602 e. The van der Waals surface area contributed by atoms with E-state index in [9.17, 15) is 0 Å². The lowest BCUT2D eigenvalue weighted by Gasteiger charge is -2.43. The molecule has 3 rings (SSSR count). The second kappa shape index (κ2) is 7.08. The van der Waals surface area contributed by atoms with E-state index in [1.165, 1.54) is 11.1 Å². The van der Waals surface area contributed by atoms with Crippen LogP contribution < -0.4 is 0 Å². The number of hydrogen-bond acceptors (Lipinski definition) is 2. The monoisotopic (exact) mass is 294 g/mol. The van der Waals surface area contributed by atoms with Crippen LogP contribution in [0, 0.1) is 0 Å². The fraction of sp³-hybridized carbons (Fsp3) is 0.400. The highest BCUT2D eigenvalue weighted by atomic mass is 15.3. The lowest BCUT2D eigenvalue weighted by Crippen LogP contribution is -2.52. The Balaban J connectivity index is 1.90. The van der Waals surface area contributed by atoms with Crippen LogP contribution in [0.25, 0.3) is 0 Å². The van der Waals surface area contributed by atoms with E-state index in [2.05, 4.69) is 84.3 Å². The molecule has 2 heteroatoms. The van der Waals surface area contributed by atoms with Gasteiger partial charge in [-0.05, 0) is 24.6 Å². The minimum atomic E-state index is 0.365. The molecule has 0 aromatic heterocycles. The molecular formula is C20H26N2. The van der Waals surface area contributed by atoms with Crippen LogP contribution in [0.5, 0.6) is 0 Å². The summed E-state index contributed by atoms with van der Waals surface area (Å²) in [7, 11) is 0. The fourth-order valence-electron chi connectivity index (χ4n) is 3.61. The standard InChI is InChI=1S/C20H26N2/c1-3-21-14-15-22(16-17(21)2)20(18-10-6-4-7-11-18)19-12-8-5-9-13-19/h4-13,17,20H,3,14-16H2,1-2H3/t17-/m0/s1. The zero-order valence-electron chi connectivity index (χ0n) is 13.7. The van der Waals surface area contributed by atoms with Crippen molar-refractivity contribution < 1.29 is 0 Å². The fourth-order valence-corrected chi connectivity index (χ4v) is 3.61. The minimum absolute atomic E-state index is 0.365. The maximum absolute atomic E-state index is 2.64. The van der Waals surface area contributed by atoms with E-state index < -0.39 is 0 Å². The molecular weight excluding hydrogens is 268 g/mol. The molecule has 1 fully saturated rings. The molecule has 0 amide bonds. The Bertz CT molecular complexity index is 527. The number of piperazine rings is 1. The molecule has 0 unspecified atom stereocenters. The Hall–Kier alpha value is -1.64. The van der Waals surface area contributed by atoms with E-state index in [1.54, 1.807) is 0 Å². The van der Waals surface area contributed by atoms with Gasteiger partial charge in [0.25, 0.3) is 0 Å². The van der Waals surface area contributed by atoms with E-state index in [4.69, 9.17) is 0 Å². The molecule has 1 aliphatic heterocycles. The zero-order valence-corrected chi connectivity index (χ0v) is 13.7. The van der Waals surface area contributed by atoms with Gasteiger partial charge in [0, 0.05) is 25.7 Å². The van der Waals surface area contributed by atoms with Crippen LogP contribution in [-0.2, 0) is 0 Å². The van der Waals surface area contributed by atoms with Gasteiger partial charge in [0.15, 0.2) is 0 Å². The highest BCUT2D eigenvalue weighted by molar-refractivity contribution is 5.32. The molecule has 0 saturated carbocycles. The van der Waals surface area contributed by atoms with Crippen LogP contribution in [0.3, 0.4) is 0 Å². The Kier molecular flexibility index (Phi) is 4.91. The highest BCUT2D eigenvalue weighted by Crippen LogP contribution is 2.30. The second-order valence-electron chi connectivity index (χ2n) is 6.20. The summed E-state index contributed by atoms with van der Waals surface area (Å²) >= 11 is 0. The van der Waals surface area contributed by atoms with Crippen molar-refractivity contribution in [3.63, 3.8) is 0 Å². The number of hydrogen-bond donors (Lipinski definition) is 0. The van der Waals surface area contributed by atoms with Gasteiger partial charge >= 0.3 is 0 Å². The van der Waals surface area contributed by atoms with Gasteiger partial charge in [0.1, 0.15) is 0 Å². The Morgan fingerprint density at radius 3 is 1.91 bits per heavy atom. The molecule has 2 nitrogen and oxygen atoms in total. The number of likely N-dealkylation sites (N-methyl/N-ethyl adjacent to an activating group) is 1. The Labute approximate surface area is 134 Å². The normalized spacial score (nSPS) is 20.4. The van der Waals surface area contributed by atoms with Gasteiger partial charge in [0.05, 0.1) is 6.04 Å². The van der Waals surface area contributed by atoms with Crippen LogP contribution in [0.2, 0.25) is 0 Å². The average molecular weight is 294 g/mol. The SMILES string of the molecule is CCN1CCN(C(c2ccccc2)c2ccccc2)C[C@@H]1C. The van der Waals surface area contributed by atoms with Crippen molar-refractivity contribution in [3.8, 4) is 0 Å². The number of benzene rings is 2. The Morgan fingerprint density at radius 1 is 0.909 bits per heavy atom. The summed E-state index contributed by atoms with van der Waals surface area (Å²) in [5, 5.41) is 0. The first-order valence-electron chi connectivity index (χ1n) is 8.37. The molecule has 1 aliphatic rings. The maximum atomic E-state index is 2.64. The lowest BCUT2D eigenvalue weighted by molar-refractivity contribution is 0.0692. The third kappa shape index (κ3) is 3.23. The van der Waals surface area contributed by atoms with Crippen molar-refractivity contribution in [2.45, 2.75) is 25.9 Å². The summed E-state index contributed by atoms with van der Waals surface area (Å²) in [5.41, 5.74) is 2.79. The van der Waals surface area contributed by atoms with Crippen molar-refractivity contribution in [2.24, 2.45) is 0 Å². The lowest BCUT2D eigenvalue weighted by atomic mass is 9.95. The molecule has 22 heavy (non-hydrogen) atoms. The predicted octanol–water partition coefficient (Wildman–Crippen LogP) is 3.80. The van der Waals surface area contributed by atoms with Gasteiger partial charge in [-0.15, -0.1) is 0 Å². The zero-order chi connectivity index (χ0) is 15.4. The van der Waals surface area contributed by atoms with Crippen molar-refractivity contribution in [1.82, 2.24) is 9.80 Å². The molecule has 0 aliphatic carbocycles. The molecule has 0 N–H and O–H groups in total. The molecule has 2 aromatic rings. The molecule has 1 heterocycles. The summed E-state index contributed by atoms with van der Waals surface area (Å²) in [6.07, 6.45) is 0. The third-order valence-electron chi connectivity index (χ3n) is 4.80. The van der Waals surface area contributed by atoms with Crippen molar-refractivity contribution in [2.75, 3.05) is 26.2 Å². The van der Waals surface area contributed by atoms with E-state index in [1.807, 2.05) is 0 Å². The van der Waals surface area contributed by atoms with Gasteiger partial charge in [-0.1, -0.05) is 67.6 Å². The molecule has 0 spiro atoms. The van der Waals surface area contributed by atoms with E-state index in [0.29, 0.717) is 12.1 Å². The molecule has 0 radical (unpaired) electrons. The highest BCUT2D eigenvalue weighted by Gasteiger charge is 2.29. The second-order valence-corrected chi connectivity index (χ2v) is 6.20. The van der Waals surface area contributed by atoms with Gasteiger partial charge < -0.3 is 0 Å². The molecule has 1 saturated heterocycles. The summed E-state index contributed by atoms with van der Waals surface area (Å²) in [6.45, 7) is 9.18. The summed E-state index contributed by atoms with van der Waals surface area (Å²) in [4.78, 5) is 5.21. The molecule has 116 valence electrons. The number of nitrogens with zero attached hydrogens (tertiary/aromatic N) is 2. The Morgan fingerprint density at radius 2 is 1.45 bits per heavy atom. The van der Waals surface area contributed by atoms with E-state index >= 15 is 0 Å². The molecule has 1 atom stereocenters. The van der Waals surface area contributed by atoms with Crippen molar-refractivity contribution in [3.05, 3.63) is 71.8 Å². The minimum Gasteiger partial charge on any atom is -0.298 e. The number of rotatable bonds is 4. The molecule has 2 aromatic carbocycles. The first kappa shape index (κ1) is 15.3. The van der Waals surface area contributed by atoms with Crippen molar-refractivity contribution in [1.29, 1.82) is 0 Å². The first-order valence-corrected chi connectivity index (χ1v) is 8.37. The first-order chi connectivity index (χ1) is 10.8. The predicted molar refractivity (Wildman–Crippen MR) is 93.0 cm³/mol. The van der Waals surface area contributed by atoms with Crippen LogP contribution >= 0.6 is 0 Å². The van der Waals surface area contributed by atoms with Crippen LogP contribution in [0.4, 0.5) is 0 Å². The quantitative estimate of drug-likeness (QED) is 0.846. The van der Waals surface area contributed by atoms with Crippen LogP contribution in [0.1, 0.15) is 31.0 Å². The molecule has 0 bridgehead atoms. The van der Waals surface area contributed by atoms with Gasteiger partial charge in [0.2, 0.25) is 0 Å². The maximum Gasteiger partial charge on any atom is 0.0602 e. The van der Waals surface area contributed by atoms with Crippen molar-refractivity contribution >= 4 is 0 Å². The van der Waals surface area contributed by atoms with E-state index in [0.717, 1.165) is 26.2 Å². The van der Waals surface area contributed by atoms with Gasteiger partial charge in [-0.25, -0.2) is 0 Å². The third-order valence-corrected chi connectivity index (χ3v) is 4.80. The van der Waals surface area contributed by atoms with E-state index in [-0.39, 0.29) is 0 Å².